The Balaban J connectivity index is 1.90. The van der Waals surface area contributed by atoms with E-state index >= 15 is 0 Å². The number of carbonyl (C=O) groups is 1. The highest BCUT2D eigenvalue weighted by Crippen LogP contribution is 2.21. The molecule has 1 heterocycles. The monoisotopic (exact) mass is 234 g/mol. The number of carboxylic acid groups (broad SMARTS) is 1. The maximum absolute atomic E-state index is 11.0. The standard InChI is InChI=1S/C13H18N2O2/c14-13(12(16)17)6-8-15(9-7-13)10-11-4-2-1-3-5-11/h1-5H,6-10,14H2,(H,16,17). The summed E-state index contributed by atoms with van der Waals surface area (Å²) >= 11 is 0. The van der Waals surface area contributed by atoms with Crippen LogP contribution in [-0.2, 0) is 11.3 Å². The number of hydrogen-bond donors (Lipinski definition) is 2. The van der Waals surface area contributed by atoms with Gasteiger partial charge in [0, 0.05) is 19.6 Å². The third-order valence-corrected chi connectivity index (χ3v) is 3.42. The van der Waals surface area contributed by atoms with Gasteiger partial charge < -0.3 is 10.8 Å². The second kappa shape index (κ2) is 4.85. The summed E-state index contributed by atoms with van der Waals surface area (Å²) in [6, 6.07) is 10.2. The summed E-state index contributed by atoms with van der Waals surface area (Å²) in [5.74, 6) is -0.878. The molecule has 1 saturated heterocycles. The first-order valence-electron chi connectivity index (χ1n) is 5.89. The zero-order valence-electron chi connectivity index (χ0n) is 9.80. The van der Waals surface area contributed by atoms with Crippen LogP contribution in [-0.4, -0.2) is 34.6 Å². The molecule has 0 unspecified atom stereocenters. The molecule has 0 spiro atoms. The Bertz CT molecular complexity index is 384. The van der Waals surface area contributed by atoms with Crippen LogP contribution in [0.15, 0.2) is 30.3 Å². The highest BCUT2D eigenvalue weighted by atomic mass is 16.4. The van der Waals surface area contributed by atoms with Gasteiger partial charge in [-0.05, 0) is 18.4 Å². The smallest absolute Gasteiger partial charge is 0.323 e. The number of rotatable bonds is 3. The number of nitrogens with two attached hydrogens (primary N) is 1. The van der Waals surface area contributed by atoms with Crippen molar-refractivity contribution < 1.29 is 9.90 Å². The summed E-state index contributed by atoms with van der Waals surface area (Å²) in [4.78, 5) is 13.3. The van der Waals surface area contributed by atoms with Gasteiger partial charge in [-0.3, -0.25) is 9.69 Å². The van der Waals surface area contributed by atoms with Crippen molar-refractivity contribution in [2.24, 2.45) is 5.73 Å². The van der Waals surface area contributed by atoms with Crippen LogP contribution in [0.5, 0.6) is 0 Å². The molecule has 0 aromatic heterocycles. The number of carboxylic acids is 1. The van der Waals surface area contributed by atoms with E-state index in [-0.39, 0.29) is 0 Å². The minimum Gasteiger partial charge on any atom is -0.480 e. The van der Waals surface area contributed by atoms with Crippen LogP contribution in [0.1, 0.15) is 18.4 Å². The van der Waals surface area contributed by atoms with E-state index in [2.05, 4.69) is 17.0 Å². The van der Waals surface area contributed by atoms with Gasteiger partial charge in [-0.2, -0.15) is 0 Å². The average Bonchev–Trinajstić information content (AvgIpc) is 2.33. The third-order valence-electron chi connectivity index (χ3n) is 3.42. The van der Waals surface area contributed by atoms with Gasteiger partial charge in [0.25, 0.3) is 0 Å². The van der Waals surface area contributed by atoms with Crippen LogP contribution in [0.25, 0.3) is 0 Å². The summed E-state index contributed by atoms with van der Waals surface area (Å²) in [6.45, 7) is 2.37. The van der Waals surface area contributed by atoms with E-state index in [1.807, 2.05) is 18.2 Å². The number of benzene rings is 1. The number of likely N-dealkylation sites (tertiary alicyclic amines) is 1. The van der Waals surface area contributed by atoms with Gasteiger partial charge in [-0.1, -0.05) is 30.3 Å². The van der Waals surface area contributed by atoms with E-state index in [0.717, 1.165) is 19.6 Å². The van der Waals surface area contributed by atoms with E-state index in [1.165, 1.54) is 5.56 Å². The summed E-state index contributed by atoms with van der Waals surface area (Å²) in [5.41, 5.74) is 6.07. The summed E-state index contributed by atoms with van der Waals surface area (Å²) < 4.78 is 0. The molecular weight excluding hydrogens is 216 g/mol. The largest absolute Gasteiger partial charge is 0.480 e. The van der Waals surface area contributed by atoms with E-state index in [1.54, 1.807) is 0 Å². The Morgan fingerprint density at radius 1 is 1.29 bits per heavy atom. The SMILES string of the molecule is NC1(C(=O)O)CCN(Cc2ccccc2)CC1. The molecule has 4 nitrogen and oxygen atoms in total. The highest BCUT2D eigenvalue weighted by molar-refractivity contribution is 5.78. The zero-order chi connectivity index (χ0) is 12.3. The number of hydrogen-bond acceptors (Lipinski definition) is 3. The molecule has 1 aliphatic heterocycles. The topological polar surface area (TPSA) is 66.6 Å². The first kappa shape index (κ1) is 12.1. The Kier molecular flexibility index (Phi) is 3.45. The van der Waals surface area contributed by atoms with Gasteiger partial charge in [0.05, 0.1) is 0 Å². The molecule has 0 atom stereocenters. The molecule has 1 aromatic carbocycles. The van der Waals surface area contributed by atoms with Crippen molar-refractivity contribution in [1.29, 1.82) is 0 Å². The molecule has 17 heavy (non-hydrogen) atoms. The number of nitrogens with zero attached hydrogens (tertiary/aromatic N) is 1. The molecule has 0 radical (unpaired) electrons. The lowest BCUT2D eigenvalue weighted by atomic mass is 9.88. The normalized spacial score (nSPS) is 20.1. The molecule has 92 valence electrons. The van der Waals surface area contributed by atoms with Crippen molar-refractivity contribution in [3.8, 4) is 0 Å². The Morgan fingerprint density at radius 3 is 2.41 bits per heavy atom. The second-order valence-corrected chi connectivity index (χ2v) is 4.72. The molecule has 4 heteroatoms. The van der Waals surface area contributed by atoms with Crippen molar-refractivity contribution in [3.63, 3.8) is 0 Å². The fourth-order valence-corrected chi connectivity index (χ4v) is 2.17. The quantitative estimate of drug-likeness (QED) is 0.821. The van der Waals surface area contributed by atoms with Gasteiger partial charge in [0.1, 0.15) is 5.54 Å². The lowest BCUT2D eigenvalue weighted by molar-refractivity contribution is -0.145. The van der Waals surface area contributed by atoms with Gasteiger partial charge in [-0.25, -0.2) is 0 Å². The van der Waals surface area contributed by atoms with Crippen molar-refractivity contribution in [2.75, 3.05) is 13.1 Å². The molecule has 0 bridgehead atoms. The summed E-state index contributed by atoms with van der Waals surface area (Å²) in [6.07, 6.45) is 1.05. The minimum atomic E-state index is -1.02. The van der Waals surface area contributed by atoms with Gasteiger partial charge >= 0.3 is 5.97 Å². The summed E-state index contributed by atoms with van der Waals surface area (Å²) in [7, 11) is 0. The van der Waals surface area contributed by atoms with Crippen LogP contribution in [0, 0.1) is 0 Å². The molecule has 2 rings (SSSR count). The van der Waals surface area contributed by atoms with Crippen LogP contribution in [0.4, 0.5) is 0 Å². The third kappa shape index (κ3) is 2.84. The fourth-order valence-electron chi connectivity index (χ4n) is 2.17. The molecule has 3 N–H and O–H groups in total. The van der Waals surface area contributed by atoms with Crippen molar-refractivity contribution >= 4 is 5.97 Å². The lowest BCUT2D eigenvalue weighted by Gasteiger charge is -2.36. The molecule has 1 aromatic rings. The van der Waals surface area contributed by atoms with Crippen molar-refractivity contribution in [2.45, 2.75) is 24.9 Å². The number of aliphatic carboxylic acids is 1. The Labute approximate surface area is 101 Å². The van der Waals surface area contributed by atoms with Crippen LogP contribution in [0.3, 0.4) is 0 Å². The molecule has 0 aliphatic carbocycles. The Morgan fingerprint density at radius 2 is 1.88 bits per heavy atom. The van der Waals surface area contributed by atoms with Gasteiger partial charge in [0.2, 0.25) is 0 Å². The first-order valence-corrected chi connectivity index (χ1v) is 5.89. The lowest BCUT2D eigenvalue weighted by Crippen LogP contribution is -2.55. The van der Waals surface area contributed by atoms with Crippen LogP contribution < -0.4 is 5.73 Å². The van der Waals surface area contributed by atoms with Crippen LogP contribution in [0.2, 0.25) is 0 Å². The fraction of sp³-hybridized carbons (Fsp3) is 0.462. The van der Waals surface area contributed by atoms with E-state index < -0.39 is 11.5 Å². The van der Waals surface area contributed by atoms with E-state index in [4.69, 9.17) is 10.8 Å². The van der Waals surface area contributed by atoms with E-state index in [0.29, 0.717) is 12.8 Å². The molecular formula is C13H18N2O2. The molecule has 1 fully saturated rings. The maximum atomic E-state index is 11.0. The first-order chi connectivity index (χ1) is 8.10. The number of piperidine rings is 1. The molecule has 0 saturated carbocycles. The van der Waals surface area contributed by atoms with Crippen molar-refractivity contribution in [1.82, 2.24) is 4.90 Å². The predicted octanol–water partition coefficient (Wildman–Crippen LogP) is 1.06. The van der Waals surface area contributed by atoms with E-state index in [9.17, 15) is 4.79 Å². The van der Waals surface area contributed by atoms with Gasteiger partial charge in [-0.15, -0.1) is 0 Å². The van der Waals surface area contributed by atoms with Crippen molar-refractivity contribution in [3.05, 3.63) is 35.9 Å². The summed E-state index contributed by atoms with van der Waals surface area (Å²) in [5, 5.41) is 9.03. The zero-order valence-corrected chi connectivity index (χ0v) is 9.80. The Hall–Kier alpha value is -1.39. The second-order valence-electron chi connectivity index (χ2n) is 4.72. The average molecular weight is 234 g/mol. The highest BCUT2D eigenvalue weighted by Gasteiger charge is 2.37. The molecule has 1 aliphatic rings. The predicted molar refractivity (Wildman–Crippen MR) is 65.5 cm³/mol. The minimum absolute atomic E-state index is 0.523. The molecule has 0 amide bonds. The maximum Gasteiger partial charge on any atom is 0.323 e. The van der Waals surface area contributed by atoms with Crippen LogP contribution >= 0.6 is 0 Å². The van der Waals surface area contributed by atoms with Gasteiger partial charge in [0.15, 0.2) is 0 Å².